The van der Waals surface area contributed by atoms with Crippen LogP contribution in [-0.4, -0.2) is 17.6 Å². The average Bonchev–Trinajstić information content (AvgIpc) is 2.87. The highest BCUT2D eigenvalue weighted by atomic mass is 16.3. The molecule has 2 unspecified atom stereocenters. The molecule has 2 N–H and O–H groups in total. The number of rotatable bonds is 7. The van der Waals surface area contributed by atoms with Crippen molar-refractivity contribution in [1.29, 1.82) is 0 Å². The number of aliphatic hydroxyl groups excluding tert-OH is 1. The van der Waals surface area contributed by atoms with Crippen molar-refractivity contribution in [3.63, 3.8) is 0 Å². The number of benzene rings is 1. The maximum atomic E-state index is 12.4. The highest BCUT2D eigenvalue weighted by molar-refractivity contribution is 5.83. The highest BCUT2D eigenvalue weighted by Gasteiger charge is 2.19. The second-order valence-corrected chi connectivity index (χ2v) is 5.84. The molecule has 0 aliphatic carbocycles. The maximum absolute atomic E-state index is 12.4. The van der Waals surface area contributed by atoms with Crippen LogP contribution in [0.4, 0.5) is 0 Å². The number of nitrogens with one attached hydrogen (secondary N) is 1. The summed E-state index contributed by atoms with van der Waals surface area (Å²) >= 11 is 0. The predicted molar refractivity (Wildman–Crippen MR) is 90.2 cm³/mol. The number of carbonyl (C=O) groups is 1. The van der Waals surface area contributed by atoms with E-state index >= 15 is 0 Å². The first kappa shape index (κ1) is 17.3. The Morgan fingerprint density at radius 3 is 2.52 bits per heavy atom. The Morgan fingerprint density at radius 1 is 1.26 bits per heavy atom. The monoisotopic (exact) mass is 315 g/mol. The molecule has 0 bridgehead atoms. The van der Waals surface area contributed by atoms with Gasteiger partial charge in [0.2, 0.25) is 5.91 Å². The molecule has 2 aromatic rings. The van der Waals surface area contributed by atoms with Gasteiger partial charge in [0.25, 0.3) is 0 Å². The minimum absolute atomic E-state index is 0.00555. The number of hydrogen-bond donors (Lipinski definition) is 2. The van der Waals surface area contributed by atoms with E-state index in [4.69, 9.17) is 4.42 Å². The second-order valence-electron chi connectivity index (χ2n) is 5.84. The fraction of sp³-hybridized carbons (Fsp3) is 0.421. The van der Waals surface area contributed by atoms with Gasteiger partial charge in [0.05, 0.1) is 12.0 Å². The van der Waals surface area contributed by atoms with Gasteiger partial charge in [0.1, 0.15) is 11.5 Å². The van der Waals surface area contributed by atoms with E-state index in [0.29, 0.717) is 13.0 Å². The van der Waals surface area contributed by atoms with Crippen LogP contribution in [0.2, 0.25) is 0 Å². The van der Waals surface area contributed by atoms with Gasteiger partial charge in [-0.25, -0.2) is 0 Å². The molecule has 0 saturated heterocycles. The summed E-state index contributed by atoms with van der Waals surface area (Å²) in [6.45, 7) is 6.14. The van der Waals surface area contributed by atoms with E-state index in [1.54, 1.807) is 0 Å². The van der Waals surface area contributed by atoms with Gasteiger partial charge in [-0.1, -0.05) is 37.3 Å². The van der Waals surface area contributed by atoms with Crippen molar-refractivity contribution in [2.45, 2.75) is 45.6 Å². The van der Waals surface area contributed by atoms with Gasteiger partial charge in [-0.05, 0) is 38.3 Å². The third-order valence-electron chi connectivity index (χ3n) is 4.08. The molecule has 23 heavy (non-hydrogen) atoms. The van der Waals surface area contributed by atoms with Crippen molar-refractivity contribution in [1.82, 2.24) is 5.32 Å². The molecule has 4 nitrogen and oxygen atoms in total. The Balaban J connectivity index is 1.87. The number of aryl methyl sites for hydroxylation is 2. The van der Waals surface area contributed by atoms with Gasteiger partial charge < -0.3 is 14.8 Å². The Hall–Kier alpha value is -2.07. The van der Waals surface area contributed by atoms with E-state index in [1.807, 2.05) is 57.2 Å². The van der Waals surface area contributed by atoms with Crippen LogP contribution in [0.3, 0.4) is 0 Å². The van der Waals surface area contributed by atoms with Crippen molar-refractivity contribution in [2.75, 3.05) is 6.54 Å². The van der Waals surface area contributed by atoms with Crippen molar-refractivity contribution in [2.24, 2.45) is 0 Å². The van der Waals surface area contributed by atoms with Gasteiger partial charge in [0.15, 0.2) is 0 Å². The number of amides is 1. The van der Waals surface area contributed by atoms with Crippen molar-refractivity contribution < 1.29 is 14.3 Å². The minimum Gasteiger partial charge on any atom is -0.466 e. The summed E-state index contributed by atoms with van der Waals surface area (Å²) in [5.74, 6) is 1.38. The van der Waals surface area contributed by atoms with Crippen LogP contribution in [0.5, 0.6) is 0 Å². The van der Waals surface area contributed by atoms with Crippen molar-refractivity contribution in [3.05, 3.63) is 59.0 Å². The fourth-order valence-corrected chi connectivity index (χ4v) is 2.85. The molecule has 0 saturated carbocycles. The van der Waals surface area contributed by atoms with Crippen LogP contribution in [0, 0.1) is 13.8 Å². The molecule has 0 fully saturated rings. The predicted octanol–water partition coefficient (Wildman–Crippen LogP) is 3.63. The standard InChI is InChI=1S/C19H25NO3/c1-4-16(15-8-6-5-7-9-15)19(22)20-11-10-18(21)17-12-13(2)23-14(17)3/h5-9,12,16,18,21H,4,10-11H2,1-3H3,(H,20,22). The smallest absolute Gasteiger partial charge is 0.227 e. The Kier molecular flexibility index (Phi) is 5.99. The summed E-state index contributed by atoms with van der Waals surface area (Å²) in [5, 5.41) is 13.2. The molecule has 0 aliphatic rings. The Labute approximate surface area is 137 Å². The van der Waals surface area contributed by atoms with E-state index in [9.17, 15) is 9.90 Å². The van der Waals surface area contributed by atoms with Gasteiger partial charge in [-0.3, -0.25) is 4.79 Å². The van der Waals surface area contributed by atoms with E-state index in [2.05, 4.69) is 5.32 Å². The quantitative estimate of drug-likeness (QED) is 0.820. The molecule has 0 aliphatic heterocycles. The third kappa shape index (κ3) is 4.45. The summed E-state index contributed by atoms with van der Waals surface area (Å²) in [5.41, 5.74) is 1.82. The molecule has 1 aromatic heterocycles. The van der Waals surface area contributed by atoms with Crippen LogP contribution < -0.4 is 5.32 Å². The molecule has 4 heteroatoms. The van der Waals surface area contributed by atoms with Crippen LogP contribution in [0.25, 0.3) is 0 Å². The Bertz CT molecular complexity index is 633. The molecule has 1 amide bonds. The van der Waals surface area contributed by atoms with Crippen LogP contribution in [0.1, 0.15) is 54.4 Å². The van der Waals surface area contributed by atoms with Crippen LogP contribution in [-0.2, 0) is 4.79 Å². The number of hydrogen-bond acceptors (Lipinski definition) is 3. The molecule has 0 spiro atoms. The lowest BCUT2D eigenvalue weighted by Gasteiger charge is -2.16. The summed E-state index contributed by atoms with van der Waals surface area (Å²) in [6.07, 6.45) is 0.597. The molecule has 0 radical (unpaired) electrons. The molecule has 2 atom stereocenters. The van der Waals surface area contributed by atoms with E-state index < -0.39 is 6.10 Å². The average molecular weight is 315 g/mol. The van der Waals surface area contributed by atoms with Gasteiger partial charge in [-0.15, -0.1) is 0 Å². The zero-order chi connectivity index (χ0) is 16.8. The SMILES string of the molecule is CCC(C(=O)NCCC(O)c1cc(C)oc1C)c1ccccc1. The molecule has 1 aromatic carbocycles. The Morgan fingerprint density at radius 2 is 1.96 bits per heavy atom. The topological polar surface area (TPSA) is 62.5 Å². The van der Waals surface area contributed by atoms with Gasteiger partial charge in [-0.2, -0.15) is 0 Å². The third-order valence-corrected chi connectivity index (χ3v) is 4.08. The minimum atomic E-state index is -0.621. The largest absolute Gasteiger partial charge is 0.466 e. The number of carbonyl (C=O) groups excluding carboxylic acids is 1. The summed E-state index contributed by atoms with van der Waals surface area (Å²) in [7, 11) is 0. The molecule has 124 valence electrons. The number of furan rings is 1. The lowest BCUT2D eigenvalue weighted by Crippen LogP contribution is -2.30. The lowest BCUT2D eigenvalue weighted by atomic mass is 9.95. The fourth-order valence-electron chi connectivity index (χ4n) is 2.85. The first-order valence-corrected chi connectivity index (χ1v) is 8.10. The van der Waals surface area contributed by atoms with Crippen LogP contribution >= 0.6 is 0 Å². The molecule has 2 rings (SSSR count). The molecule has 1 heterocycles. The first-order valence-electron chi connectivity index (χ1n) is 8.10. The summed E-state index contributed by atoms with van der Waals surface area (Å²) < 4.78 is 5.43. The highest BCUT2D eigenvalue weighted by Crippen LogP contribution is 2.24. The lowest BCUT2D eigenvalue weighted by molar-refractivity contribution is -0.122. The normalized spacial score (nSPS) is 13.6. The molecular formula is C19H25NO3. The van der Waals surface area contributed by atoms with Crippen LogP contribution in [0.15, 0.2) is 40.8 Å². The van der Waals surface area contributed by atoms with Gasteiger partial charge >= 0.3 is 0 Å². The van der Waals surface area contributed by atoms with Gasteiger partial charge in [0, 0.05) is 12.1 Å². The summed E-state index contributed by atoms with van der Waals surface area (Å²) in [4.78, 5) is 12.4. The van der Waals surface area contributed by atoms with Crippen molar-refractivity contribution in [3.8, 4) is 0 Å². The molecular weight excluding hydrogens is 290 g/mol. The maximum Gasteiger partial charge on any atom is 0.227 e. The second kappa shape index (κ2) is 7.97. The van der Waals surface area contributed by atoms with E-state index in [0.717, 1.165) is 29.1 Å². The number of aliphatic hydroxyl groups is 1. The van der Waals surface area contributed by atoms with Crippen molar-refractivity contribution >= 4 is 5.91 Å². The summed E-state index contributed by atoms with van der Waals surface area (Å²) in [6, 6.07) is 11.6. The zero-order valence-corrected chi connectivity index (χ0v) is 14.0. The zero-order valence-electron chi connectivity index (χ0n) is 14.0. The van der Waals surface area contributed by atoms with E-state index in [1.165, 1.54) is 0 Å². The van der Waals surface area contributed by atoms with E-state index in [-0.39, 0.29) is 11.8 Å². The first-order chi connectivity index (χ1) is 11.0.